The predicted octanol–water partition coefficient (Wildman–Crippen LogP) is 1.58. The molecule has 1 saturated carbocycles. The molecule has 0 bridgehead atoms. The number of hydrogen-bond donors (Lipinski definition) is 1. The molecule has 6 nitrogen and oxygen atoms in total. The Morgan fingerprint density at radius 2 is 1.96 bits per heavy atom. The Kier molecular flexibility index (Phi) is 3.95. The quantitative estimate of drug-likeness (QED) is 0.911. The average molecular weight is 329 g/mol. The van der Waals surface area contributed by atoms with E-state index in [4.69, 9.17) is 10.7 Å². The maximum absolute atomic E-state index is 12.6. The molecule has 24 heavy (non-hydrogen) atoms. The van der Waals surface area contributed by atoms with Crippen molar-refractivity contribution in [2.24, 2.45) is 5.73 Å². The monoisotopic (exact) mass is 329 g/mol. The Bertz CT molecular complexity index is 636. The van der Waals surface area contributed by atoms with Gasteiger partial charge in [-0.2, -0.15) is 0 Å². The van der Waals surface area contributed by atoms with Crippen LogP contribution >= 0.6 is 0 Å². The Morgan fingerprint density at radius 1 is 1.21 bits per heavy atom. The van der Waals surface area contributed by atoms with Crippen LogP contribution in [0.5, 0.6) is 0 Å². The molecule has 3 fully saturated rings. The number of carbonyl (C=O) groups excluding carboxylic acids is 1. The maximum Gasteiger partial charge on any atom is 0.242 e. The summed E-state index contributed by atoms with van der Waals surface area (Å²) in [5.74, 6) is 2.32. The number of nitrogens with two attached hydrogens (primary N) is 1. The van der Waals surface area contributed by atoms with Crippen molar-refractivity contribution in [3.8, 4) is 0 Å². The lowest BCUT2D eigenvalue weighted by molar-refractivity contribution is -0.134. The molecule has 0 radical (unpaired) electrons. The first-order valence-electron chi connectivity index (χ1n) is 9.24. The van der Waals surface area contributed by atoms with Gasteiger partial charge < -0.3 is 15.5 Å². The molecule has 3 heterocycles. The van der Waals surface area contributed by atoms with E-state index < -0.39 is 5.54 Å². The second-order valence-corrected chi connectivity index (χ2v) is 7.64. The highest BCUT2D eigenvalue weighted by atomic mass is 16.2. The minimum absolute atomic E-state index is 0.137. The van der Waals surface area contributed by atoms with Crippen LogP contribution in [0, 0.1) is 6.92 Å². The van der Waals surface area contributed by atoms with Gasteiger partial charge in [-0.15, -0.1) is 0 Å². The first-order valence-corrected chi connectivity index (χ1v) is 9.24. The number of aromatic nitrogens is 2. The molecule has 1 aromatic heterocycles. The average Bonchev–Trinajstić information content (AvgIpc) is 3.12. The molecular formula is C18H27N5O. The van der Waals surface area contributed by atoms with Crippen LogP contribution in [-0.2, 0) is 4.79 Å². The molecule has 130 valence electrons. The topological polar surface area (TPSA) is 75.3 Å². The van der Waals surface area contributed by atoms with E-state index in [-0.39, 0.29) is 5.91 Å². The summed E-state index contributed by atoms with van der Waals surface area (Å²) in [5, 5.41) is 0. The van der Waals surface area contributed by atoms with Crippen LogP contribution in [-0.4, -0.2) is 52.5 Å². The van der Waals surface area contributed by atoms with Gasteiger partial charge in [-0.25, -0.2) is 9.97 Å². The highest BCUT2D eigenvalue weighted by molar-refractivity contribution is 5.89. The maximum atomic E-state index is 12.6. The Hall–Kier alpha value is -1.69. The number of amides is 1. The second-order valence-electron chi connectivity index (χ2n) is 7.64. The van der Waals surface area contributed by atoms with Gasteiger partial charge in [0.2, 0.25) is 5.91 Å². The van der Waals surface area contributed by atoms with Gasteiger partial charge in [0.25, 0.3) is 0 Å². The fourth-order valence-electron chi connectivity index (χ4n) is 3.96. The minimum atomic E-state index is -0.565. The summed E-state index contributed by atoms with van der Waals surface area (Å²) >= 11 is 0. The fourth-order valence-corrected chi connectivity index (χ4v) is 3.96. The zero-order valence-electron chi connectivity index (χ0n) is 14.5. The van der Waals surface area contributed by atoms with Crippen molar-refractivity contribution in [3.63, 3.8) is 0 Å². The molecule has 0 spiro atoms. The lowest BCUT2D eigenvalue weighted by atomic mass is 9.93. The summed E-state index contributed by atoms with van der Waals surface area (Å²) in [6.07, 6.45) is 6.24. The molecule has 4 rings (SSSR count). The smallest absolute Gasteiger partial charge is 0.242 e. The van der Waals surface area contributed by atoms with E-state index >= 15 is 0 Å². The minimum Gasteiger partial charge on any atom is -0.357 e. The van der Waals surface area contributed by atoms with E-state index in [2.05, 4.69) is 16.0 Å². The fraction of sp³-hybridized carbons (Fsp3) is 0.722. The lowest BCUT2D eigenvalue weighted by Crippen LogP contribution is -2.49. The summed E-state index contributed by atoms with van der Waals surface area (Å²) in [4.78, 5) is 26.2. The zero-order valence-corrected chi connectivity index (χ0v) is 14.5. The van der Waals surface area contributed by atoms with Crippen LogP contribution in [0.25, 0.3) is 0 Å². The van der Waals surface area contributed by atoms with Gasteiger partial charge >= 0.3 is 0 Å². The van der Waals surface area contributed by atoms with Gasteiger partial charge in [-0.05, 0) is 45.4 Å². The lowest BCUT2D eigenvalue weighted by Gasteiger charge is -2.34. The van der Waals surface area contributed by atoms with Gasteiger partial charge in [0.15, 0.2) is 0 Å². The molecule has 3 aliphatic rings. The van der Waals surface area contributed by atoms with Crippen LogP contribution < -0.4 is 10.6 Å². The molecule has 1 aromatic rings. The van der Waals surface area contributed by atoms with Gasteiger partial charge in [-0.1, -0.05) is 0 Å². The second kappa shape index (κ2) is 5.99. The van der Waals surface area contributed by atoms with Crippen molar-refractivity contribution in [1.82, 2.24) is 14.9 Å². The molecule has 2 aliphatic heterocycles. The van der Waals surface area contributed by atoms with Gasteiger partial charge in [0.1, 0.15) is 11.6 Å². The van der Waals surface area contributed by atoms with Crippen molar-refractivity contribution >= 4 is 11.7 Å². The number of likely N-dealkylation sites (tertiary alicyclic amines) is 1. The van der Waals surface area contributed by atoms with Crippen molar-refractivity contribution in [1.29, 1.82) is 0 Å². The number of nitrogens with zero attached hydrogens (tertiary/aromatic N) is 4. The third-order valence-electron chi connectivity index (χ3n) is 5.62. The SMILES string of the molecule is Cc1nc([C@H]2CCCN(C(=O)C3(N)CC3)C2)cc(N2CCCC2)n1. The molecule has 6 heteroatoms. The first kappa shape index (κ1) is 15.8. The predicted molar refractivity (Wildman–Crippen MR) is 92.9 cm³/mol. The summed E-state index contributed by atoms with van der Waals surface area (Å²) < 4.78 is 0. The molecule has 1 atom stereocenters. The third kappa shape index (κ3) is 2.99. The molecular weight excluding hydrogens is 302 g/mol. The zero-order chi connectivity index (χ0) is 16.7. The number of hydrogen-bond acceptors (Lipinski definition) is 5. The largest absolute Gasteiger partial charge is 0.357 e. The number of anilines is 1. The van der Waals surface area contributed by atoms with Crippen LogP contribution in [0.15, 0.2) is 6.07 Å². The highest BCUT2D eigenvalue weighted by Gasteiger charge is 2.48. The molecule has 1 aliphatic carbocycles. The van der Waals surface area contributed by atoms with E-state index in [1.807, 2.05) is 11.8 Å². The number of piperidine rings is 1. The van der Waals surface area contributed by atoms with Crippen LogP contribution in [0.2, 0.25) is 0 Å². The van der Waals surface area contributed by atoms with Crippen LogP contribution in [0.4, 0.5) is 5.82 Å². The van der Waals surface area contributed by atoms with E-state index in [1.165, 1.54) is 12.8 Å². The third-order valence-corrected chi connectivity index (χ3v) is 5.62. The van der Waals surface area contributed by atoms with Crippen LogP contribution in [0.1, 0.15) is 56.0 Å². The first-order chi connectivity index (χ1) is 11.5. The standard InChI is InChI=1S/C18H27N5O/c1-13-20-15(11-16(21-13)22-8-2-3-9-22)14-5-4-10-23(12-14)17(24)18(19)6-7-18/h11,14H,2-10,12,19H2,1H3/t14-/m0/s1. The highest BCUT2D eigenvalue weighted by Crippen LogP contribution is 2.36. The molecule has 0 aromatic carbocycles. The number of carbonyl (C=O) groups is 1. The van der Waals surface area contributed by atoms with Gasteiger partial charge in [-0.3, -0.25) is 4.79 Å². The van der Waals surface area contributed by atoms with Gasteiger partial charge in [0, 0.05) is 38.2 Å². The van der Waals surface area contributed by atoms with Crippen molar-refractivity contribution in [3.05, 3.63) is 17.6 Å². The van der Waals surface area contributed by atoms with Crippen LogP contribution in [0.3, 0.4) is 0 Å². The molecule has 0 unspecified atom stereocenters. The van der Waals surface area contributed by atoms with Crippen molar-refractivity contribution < 1.29 is 4.79 Å². The number of aryl methyl sites for hydroxylation is 1. The Balaban J connectivity index is 1.53. The molecule has 2 N–H and O–H groups in total. The summed E-state index contributed by atoms with van der Waals surface area (Å²) in [5.41, 5.74) is 6.63. The van der Waals surface area contributed by atoms with Crippen molar-refractivity contribution in [2.45, 2.75) is 56.9 Å². The summed E-state index contributed by atoms with van der Waals surface area (Å²) in [6.45, 7) is 5.71. The van der Waals surface area contributed by atoms with E-state index in [9.17, 15) is 4.79 Å². The Labute approximate surface area is 143 Å². The van der Waals surface area contributed by atoms with E-state index in [0.29, 0.717) is 5.92 Å². The normalized spacial score (nSPS) is 25.8. The molecule has 2 saturated heterocycles. The van der Waals surface area contributed by atoms with Gasteiger partial charge in [0.05, 0.1) is 11.2 Å². The van der Waals surface area contributed by atoms with E-state index in [1.54, 1.807) is 0 Å². The van der Waals surface area contributed by atoms with E-state index in [0.717, 1.165) is 69.2 Å². The number of rotatable bonds is 3. The Morgan fingerprint density at radius 3 is 2.67 bits per heavy atom. The summed E-state index contributed by atoms with van der Waals surface area (Å²) in [7, 11) is 0. The van der Waals surface area contributed by atoms with Crippen molar-refractivity contribution in [2.75, 3.05) is 31.1 Å². The molecule has 1 amide bonds. The summed E-state index contributed by atoms with van der Waals surface area (Å²) in [6, 6.07) is 2.15.